The number of hydrogen-bond donors (Lipinski definition) is 3. The Morgan fingerprint density at radius 3 is 2.48 bits per heavy atom. The Morgan fingerprint density at radius 1 is 1.12 bits per heavy atom. The van der Waals surface area contributed by atoms with E-state index in [4.69, 9.17) is 5.73 Å². The van der Waals surface area contributed by atoms with E-state index in [0.717, 1.165) is 32.1 Å². The van der Waals surface area contributed by atoms with Crippen molar-refractivity contribution < 1.29 is 14.0 Å². The Bertz CT molecular complexity index is 977. The topological polar surface area (TPSA) is 116 Å². The van der Waals surface area contributed by atoms with E-state index < -0.39 is 5.82 Å². The van der Waals surface area contributed by atoms with Crippen molar-refractivity contribution in [3.8, 4) is 0 Å². The minimum atomic E-state index is -0.598. The van der Waals surface area contributed by atoms with Crippen LogP contribution in [-0.4, -0.2) is 70.9 Å². The van der Waals surface area contributed by atoms with Crippen LogP contribution in [0.2, 0.25) is 0 Å². The molecule has 1 aliphatic carbocycles. The number of benzene rings is 1. The summed E-state index contributed by atoms with van der Waals surface area (Å²) in [5, 5.41) is 6.04. The van der Waals surface area contributed by atoms with Crippen molar-refractivity contribution in [1.29, 1.82) is 0 Å². The second-order valence-corrected chi connectivity index (χ2v) is 8.38. The minimum Gasteiger partial charge on any atom is -0.369 e. The number of carbonyl (C=O) groups excluding carboxylic acids is 2. The summed E-state index contributed by atoms with van der Waals surface area (Å²) in [7, 11) is 2.05. The van der Waals surface area contributed by atoms with Gasteiger partial charge in [-0.2, -0.15) is 4.98 Å². The smallest absolute Gasteiger partial charge is 0.253 e. The maximum atomic E-state index is 14.3. The van der Waals surface area contributed by atoms with Gasteiger partial charge in [-0.15, -0.1) is 0 Å². The Morgan fingerprint density at radius 2 is 1.82 bits per heavy atom. The molecule has 1 saturated carbocycles. The van der Waals surface area contributed by atoms with Crippen molar-refractivity contribution >= 4 is 29.3 Å². The van der Waals surface area contributed by atoms with Crippen LogP contribution in [0.3, 0.4) is 0 Å². The van der Waals surface area contributed by atoms with Crippen LogP contribution < -0.4 is 16.4 Å². The molecule has 178 valence electrons. The first-order chi connectivity index (χ1) is 15.4. The van der Waals surface area contributed by atoms with Crippen molar-refractivity contribution in [3.05, 3.63) is 41.8 Å². The van der Waals surface area contributed by atoms with E-state index in [2.05, 4.69) is 25.5 Å². The number of rotatable bonds is 6. The number of anilines is 3. The molecule has 2 amide bonds. The summed E-state index contributed by atoms with van der Waals surface area (Å²) in [4.78, 5) is 36.5. The maximum Gasteiger partial charge on any atom is 0.253 e. The van der Waals surface area contributed by atoms with Crippen molar-refractivity contribution in [2.75, 3.05) is 43.9 Å². The van der Waals surface area contributed by atoms with E-state index in [1.165, 1.54) is 0 Å². The van der Waals surface area contributed by atoms with Crippen molar-refractivity contribution in [2.45, 2.75) is 32.7 Å². The normalized spacial score (nSPS) is 20.7. The van der Waals surface area contributed by atoms with E-state index >= 15 is 0 Å². The van der Waals surface area contributed by atoms with Crippen LogP contribution in [0.25, 0.3) is 0 Å². The number of nitrogens with one attached hydrogen (secondary N) is 2. The summed E-state index contributed by atoms with van der Waals surface area (Å²) in [6, 6.07) is 6.79. The number of aromatic nitrogens is 2. The zero-order valence-corrected chi connectivity index (χ0v) is 18.1. The molecule has 2 atom stereocenters. The lowest BCUT2D eigenvalue weighted by molar-refractivity contribution is -0.121. The molecule has 2 heterocycles. The van der Waals surface area contributed by atoms with Gasteiger partial charge in [-0.1, -0.05) is 13.8 Å². The lowest BCUT2D eigenvalue weighted by Gasteiger charge is -2.32. The van der Waals surface area contributed by atoms with Gasteiger partial charge in [-0.25, -0.2) is 9.37 Å². The molecule has 0 radical (unpaired) electrons. The van der Waals surface area contributed by atoms with Gasteiger partial charge in [0.15, 0.2) is 11.6 Å². The second-order valence-electron chi connectivity index (χ2n) is 8.38. The van der Waals surface area contributed by atoms with Crippen LogP contribution in [-0.2, 0) is 4.79 Å². The molecule has 1 aliphatic heterocycles. The van der Waals surface area contributed by atoms with Crippen molar-refractivity contribution in [2.24, 2.45) is 11.7 Å². The molecule has 4 N–H and O–H groups in total. The number of carbonyl (C=O) groups is 2. The molecule has 2 aromatic rings. The summed E-state index contributed by atoms with van der Waals surface area (Å²) in [5.41, 5.74) is 6.74. The fraction of sp³-hybridized carbons (Fsp3) is 0.478. The fourth-order valence-corrected chi connectivity index (χ4v) is 4.19. The number of amides is 2. The summed E-state index contributed by atoms with van der Waals surface area (Å²) >= 11 is 0. The van der Waals surface area contributed by atoms with Gasteiger partial charge >= 0.3 is 0 Å². The molecule has 9 nitrogen and oxygen atoms in total. The van der Waals surface area contributed by atoms with Crippen LogP contribution in [0.1, 0.15) is 37.0 Å². The van der Waals surface area contributed by atoms with E-state index in [9.17, 15) is 14.0 Å². The number of nitrogens with zero attached hydrogens (tertiary/aromatic N) is 4. The molecule has 4 rings (SSSR count). The van der Waals surface area contributed by atoms with Crippen molar-refractivity contribution in [1.82, 2.24) is 19.8 Å². The monoisotopic (exact) mass is 457 g/mol. The first kappa shape index (κ1) is 24.4. The summed E-state index contributed by atoms with van der Waals surface area (Å²) in [6.07, 6.45) is 3.34. The zero-order chi connectivity index (χ0) is 22.7. The van der Waals surface area contributed by atoms with E-state index in [0.29, 0.717) is 30.8 Å². The molecule has 10 heteroatoms. The number of halogens is 1. The highest BCUT2D eigenvalue weighted by Gasteiger charge is 2.32. The minimum absolute atomic E-state index is 0. The van der Waals surface area contributed by atoms with Crippen LogP contribution in [0, 0.1) is 11.7 Å². The molecule has 0 spiro atoms. The van der Waals surface area contributed by atoms with Crippen LogP contribution in [0.4, 0.5) is 21.8 Å². The molecule has 2 fully saturated rings. The number of piperazine rings is 1. The van der Waals surface area contributed by atoms with Gasteiger partial charge in [-0.3, -0.25) is 9.59 Å². The number of nitrogens with two attached hydrogens (primary N) is 1. The lowest BCUT2D eigenvalue weighted by atomic mass is 10.0. The summed E-state index contributed by atoms with van der Waals surface area (Å²) < 4.78 is 14.3. The SMILES string of the molecule is C.CN1CCN(C(=O)c2ccc(Nc3ncc(F)c(N[C@@H]4CCC[C@@H]4C(N)=O)n3)cc2)CC1. The number of hydrogen-bond acceptors (Lipinski definition) is 7. The highest BCUT2D eigenvalue weighted by Crippen LogP contribution is 2.29. The van der Waals surface area contributed by atoms with E-state index in [1.807, 2.05) is 11.9 Å². The molecule has 1 saturated heterocycles. The van der Waals surface area contributed by atoms with Crippen LogP contribution in [0.15, 0.2) is 30.5 Å². The molecule has 1 aromatic carbocycles. The standard InChI is InChI=1S/C22H28FN7O2.CH4/c1-29-9-11-30(12-10-29)21(32)14-5-7-15(8-6-14)26-22-25-13-17(23)20(28-22)27-18-4-2-3-16(18)19(24)31;/h5-8,13,16,18H,2-4,9-12H2,1H3,(H2,24,31)(H2,25,26,27,28);1H4/t16-,18+;/m0./s1. The average Bonchev–Trinajstić information content (AvgIpc) is 3.25. The van der Waals surface area contributed by atoms with Gasteiger partial charge in [0.05, 0.1) is 12.1 Å². The summed E-state index contributed by atoms with van der Waals surface area (Å²) in [5.74, 6) is -1.08. The highest BCUT2D eigenvalue weighted by atomic mass is 19.1. The molecular formula is C23H32FN7O2. The molecule has 0 unspecified atom stereocenters. The zero-order valence-electron chi connectivity index (χ0n) is 18.1. The quantitative estimate of drug-likeness (QED) is 0.610. The van der Waals surface area contributed by atoms with E-state index in [1.54, 1.807) is 24.3 Å². The van der Waals surface area contributed by atoms with Gasteiger partial charge in [0, 0.05) is 43.5 Å². The average molecular weight is 458 g/mol. The lowest BCUT2D eigenvalue weighted by Crippen LogP contribution is -2.47. The second kappa shape index (κ2) is 10.6. The first-order valence-corrected chi connectivity index (χ1v) is 10.8. The van der Waals surface area contributed by atoms with Gasteiger partial charge in [0.2, 0.25) is 11.9 Å². The molecule has 1 aromatic heterocycles. The number of primary amides is 1. The predicted octanol–water partition coefficient (Wildman–Crippen LogP) is 2.45. The molecule has 0 bridgehead atoms. The van der Waals surface area contributed by atoms with Gasteiger partial charge < -0.3 is 26.2 Å². The van der Waals surface area contributed by atoms with Gasteiger partial charge in [0.1, 0.15) is 0 Å². The third-order valence-electron chi connectivity index (χ3n) is 6.13. The maximum absolute atomic E-state index is 14.3. The first-order valence-electron chi connectivity index (χ1n) is 10.8. The predicted molar refractivity (Wildman–Crippen MR) is 126 cm³/mol. The summed E-state index contributed by atoms with van der Waals surface area (Å²) in [6.45, 7) is 3.16. The Hall–Kier alpha value is -3.27. The van der Waals surface area contributed by atoms with Crippen LogP contribution in [0.5, 0.6) is 0 Å². The molecule has 2 aliphatic rings. The third kappa shape index (κ3) is 5.75. The highest BCUT2D eigenvalue weighted by molar-refractivity contribution is 5.94. The Labute approximate surface area is 193 Å². The largest absolute Gasteiger partial charge is 0.369 e. The van der Waals surface area contributed by atoms with Crippen molar-refractivity contribution in [3.63, 3.8) is 0 Å². The Balaban J connectivity index is 0.00000306. The third-order valence-corrected chi connectivity index (χ3v) is 6.13. The van der Waals surface area contributed by atoms with Gasteiger partial charge in [0.25, 0.3) is 5.91 Å². The van der Waals surface area contributed by atoms with E-state index in [-0.39, 0.29) is 43.0 Å². The van der Waals surface area contributed by atoms with Gasteiger partial charge in [-0.05, 0) is 44.2 Å². The Kier molecular flexibility index (Phi) is 7.80. The molecule has 33 heavy (non-hydrogen) atoms. The number of likely N-dealkylation sites (N-methyl/N-ethyl adjacent to an activating group) is 1. The molecular weight excluding hydrogens is 425 g/mol. The van der Waals surface area contributed by atoms with Crippen LogP contribution >= 0.6 is 0 Å². The fourth-order valence-electron chi connectivity index (χ4n) is 4.19.